The lowest BCUT2D eigenvalue weighted by Gasteiger charge is -2.20. The van der Waals surface area contributed by atoms with Crippen LogP contribution in [0.2, 0.25) is 0 Å². The molecule has 1 aromatic carbocycles. The minimum absolute atomic E-state index is 0.277. The van der Waals surface area contributed by atoms with Crippen molar-refractivity contribution in [2.24, 2.45) is 0 Å². The van der Waals surface area contributed by atoms with Crippen molar-refractivity contribution >= 4 is 11.6 Å². The fourth-order valence-electron chi connectivity index (χ4n) is 1.88. The van der Waals surface area contributed by atoms with Gasteiger partial charge in [-0.1, -0.05) is 0 Å². The summed E-state index contributed by atoms with van der Waals surface area (Å²) in [5, 5.41) is 19.4. The second-order valence-corrected chi connectivity index (χ2v) is 5.68. The molecule has 0 amide bonds. The van der Waals surface area contributed by atoms with E-state index in [1.165, 1.54) is 44.2 Å². The van der Waals surface area contributed by atoms with E-state index in [2.05, 4.69) is 6.92 Å². The van der Waals surface area contributed by atoms with Crippen molar-refractivity contribution in [3.05, 3.63) is 60.7 Å². The van der Waals surface area contributed by atoms with E-state index < -0.39 is 22.8 Å². The quantitative estimate of drug-likeness (QED) is 0.825. The first-order valence-electron chi connectivity index (χ1n) is 6.68. The Labute approximate surface area is 128 Å². The van der Waals surface area contributed by atoms with Gasteiger partial charge in [-0.2, -0.15) is 0 Å². The molecule has 0 heterocycles. The molecule has 1 aromatic rings. The molecule has 0 aromatic heterocycles. The first-order valence-corrected chi connectivity index (χ1v) is 6.68. The van der Waals surface area contributed by atoms with E-state index in [9.17, 15) is 19.8 Å². The van der Waals surface area contributed by atoms with Crippen molar-refractivity contribution in [1.82, 2.24) is 0 Å². The molecule has 0 spiro atoms. The van der Waals surface area contributed by atoms with E-state index in [0.717, 1.165) is 0 Å². The maximum Gasteiger partial charge on any atom is 0.193 e. The molecule has 115 valence electrons. The Morgan fingerprint density at radius 1 is 1.23 bits per heavy atom. The van der Waals surface area contributed by atoms with Gasteiger partial charge in [0.15, 0.2) is 11.6 Å². The van der Waals surface area contributed by atoms with Crippen LogP contribution in [0.15, 0.2) is 48.3 Å². The van der Waals surface area contributed by atoms with Gasteiger partial charge in [-0.05, 0) is 63.3 Å². The van der Waals surface area contributed by atoms with Gasteiger partial charge in [0.25, 0.3) is 0 Å². The van der Waals surface area contributed by atoms with Crippen molar-refractivity contribution in [3.8, 4) is 5.75 Å². The highest BCUT2D eigenvalue weighted by molar-refractivity contribution is 6.02. The number of aliphatic hydroxyl groups is 2. The summed E-state index contributed by atoms with van der Waals surface area (Å²) in [5.41, 5.74) is -2.92. The topological polar surface area (TPSA) is 83.8 Å². The molecule has 22 heavy (non-hydrogen) atoms. The number of rotatable bonds is 4. The number of allylic oxidation sites excluding steroid dienone is 1. The molecular formula is C17H17O5. The van der Waals surface area contributed by atoms with Gasteiger partial charge in [0.05, 0.1) is 0 Å². The first kappa shape index (κ1) is 16.1. The van der Waals surface area contributed by atoms with E-state index in [4.69, 9.17) is 4.74 Å². The van der Waals surface area contributed by atoms with Crippen LogP contribution in [0.1, 0.15) is 24.2 Å². The second-order valence-electron chi connectivity index (χ2n) is 5.68. The van der Waals surface area contributed by atoms with Crippen LogP contribution < -0.4 is 4.74 Å². The summed E-state index contributed by atoms with van der Waals surface area (Å²) in [7, 11) is 0. The van der Waals surface area contributed by atoms with Crippen molar-refractivity contribution in [2.45, 2.75) is 25.0 Å². The molecule has 1 aliphatic rings. The zero-order chi connectivity index (χ0) is 16.5. The Bertz CT molecular complexity index is 657. The van der Waals surface area contributed by atoms with Gasteiger partial charge in [0.2, 0.25) is 0 Å². The summed E-state index contributed by atoms with van der Waals surface area (Å²) in [6, 6.07) is 6.19. The first-order chi connectivity index (χ1) is 10.1. The molecule has 1 aliphatic carbocycles. The van der Waals surface area contributed by atoms with Crippen molar-refractivity contribution in [1.29, 1.82) is 0 Å². The smallest absolute Gasteiger partial charge is 0.193 e. The van der Waals surface area contributed by atoms with Crippen LogP contribution in [0.4, 0.5) is 0 Å². The maximum absolute atomic E-state index is 11.9. The van der Waals surface area contributed by atoms with E-state index in [1.807, 2.05) is 0 Å². The van der Waals surface area contributed by atoms with Gasteiger partial charge >= 0.3 is 0 Å². The fourth-order valence-corrected chi connectivity index (χ4v) is 1.88. The molecule has 1 unspecified atom stereocenters. The summed E-state index contributed by atoms with van der Waals surface area (Å²) < 4.78 is 5.51. The number of hydrogen-bond acceptors (Lipinski definition) is 5. The van der Waals surface area contributed by atoms with Crippen LogP contribution in [-0.2, 0) is 4.79 Å². The monoisotopic (exact) mass is 301 g/mol. The maximum atomic E-state index is 11.9. The molecule has 0 saturated heterocycles. The van der Waals surface area contributed by atoms with Crippen LogP contribution in [-0.4, -0.2) is 33.0 Å². The predicted molar refractivity (Wildman–Crippen MR) is 80.2 cm³/mol. The third-order valence-electron chi connectivity index (χ3n) is 3.11. The number of ether oxygens (including phenoxy) is 1. The third-order valence-corrected chi connectivity index (χ3v) is 3.11. The fraction of sp³-hybridized carbons (Fsp3) is 0.235. The lowest BCUT2D eigenvalue weighted by atomic mass is 9.95. The number of benzene rings is 1. The highest BCUT2D eigenvalue weighted by Gasteiger charge is 2.29. The SMILES string of the molecule is [CH2]C1(O)C=C(Oc2ccc(C(=O)C(C)(C)O)cc2)C=CC1=O. The number of carbonyl (C=O) groups is 2. The van der Waals surface area contributed by atoms with Crippen molar-refractivity contribution in [2.75, 3.05) is 0 Å². The van der Waals surface area contributed by atoms with E-state index in [1.54, 1.807) is 12.1 Å². The third kappa shape index (κ3) is 3.50. The Morgan fingerprint density at radius 2 is 1.82 bits per heavy atom. The van der Waals surface area contributed by atoms with Gasteiger partial charge < -0.3 is 14.9 Å². The molecule has 1 atom stereocenters. The summed E-state index contributed by atoms with van der Waals surface area (Å²) in [5.74, 6) is -0.216. The zero-order valence-electron chi connectivity index (χ0n) is 12.4. The molecule has 0 aliphatic heterocycles. The summed E-state index contributed by atoms with van der Waals surface area (Å²) >= 11 is 0. The predicted octanol–water partition coefficient (Wildman–Crippen LogP) is 1.61. The van der Waals surface area contributed by atoms with Crippen LogP contribution in [0.3, 0.4) is 0 Å². The summed E-state index contributed by atoms with van der Waals surface area (Å²) in [4.78, 5) is 23.3. The summed E-state index contributed by atoms with van der Waals surface area (Å²) in [6.07, 6.45) is 3.83. The average molecular weight is 301 g/mol. The molecule has 0 bridgehead atoms. The van der Waals surface area contributed by atoms with Crippen LogP contribution in [0.25, 0.3) is 0 Å². The summed E-state index contributed by atoms with van der Waals surface area (Å²) in [6.45, 7) is 6.23. The van der Waals surface area contributed by atoms with Crippen LogP contribution in [0.5, 0.6) is 5.75 Å². The molecule has 2 N–H and O–H groups in total. The van der Waals surface area contributed by atoms with Gasteiger partial charge in [0, 0.05) is 5.56 Å². The number of ketones is 2. The number of carbonyl (C=O) groups excluding carboxylic acids is 2. The lowest BCUT2D eigenvalue weighted by Crippen LogP contribution is -2.34. The van der Waals surface area contributed by atoms with E-state index >= 15 is 0 Å². The molecular weight excluding hydrogens is 284 g/mol. The molecule has 2 rings (SSSR count). The largest absolute Gasteiger partial charge is 0.458 e. The Balaban J connectivity index is 2.15. The Hall–Kier alpha value is -2.24. The zero-order valence-corrected chi connectivity index (χ0v) is 12.4. The van der Waals surface area contributed by atoms with Crippen molar-refractivity contribution in [3.63, 3.8) is 0 Å². The van der Waals surface area contributed by atoms with E-state index in [0.29, 0.717) is 11.3 Å². The highest BCUT2D eigenvalue weighted by atomic mass is 16.5. The highest BCUT2D eigenvalue weighted by Crippen LogP contribution is 2.23. The Morgan fingerprint density at radius 3 is 2.32 bits per heavy atom. The minimum atomic E-state index is -1.83. The normalized spacial score (nSPS) is 21.5. The minimum Gasteiger partial charge on any atom is -0.458 e. The van der Waals surface area contributed by atoms with Gasteiger partial charge in [-0.3, -0.25) is 9.59 Å². The van der Waals surface area contributed by atoms with Gasteiger partial charge in [-0.15, -0.1) is 0 Å². The Kier molecular flexibility index (Phi) is 4.04. The van der Waals surface area contributed by atoms with E-state index in [-0.39, 0.29) is 5.76 Å². The lowest BCUT2D eigenvalue weighted by molar-refractivity contribution is -0.125. The molecule has 0 fully saturated rings. The van der Waals surface area contributed by atoms with Gasteiger partial charge in [-0.25, -0.2) is 0 Å². The standard InChI is InChI=1S/C17H17O5/c1-16(2,20)15(19)11-4-6-12(7-5-11)22-13-8-9-14(18)17(3,21)10-13/h4-10,20-21H,3H2,1-2H3. The number of hydrogen-bond donors (Lipinski definition) is 2. The second kappa shape index (κ2) is 5.51. The molecule has 5 heteroatoms. The average Bonchev–Trinajstić information content (AvgIpc) is 2.42. The van der Waals surface area contributed by atoms with Crippen LogP contribution in [0, 0.1) is 6.92 Å². The molecule has 0 saturated carbocycles. The van der Waals surface area contributed by atoms with Crippen molar-refractivity contribution < 1.29 is 24.5 Å². The number of Topliss-reactive ketones (excluding diaryl/α,β-unsaturated/α-hetero) is 1. The van der Waals surface area contributed by atoms with Gasteiger partial charge in [0.1, 0.15) is 22.7 Å². The van der Waals surface area contributed by atoms with Crippen LogP contribution >= 0.6 is 0 Å². The molecule has 5 nitrogen and oxygen atoms in total. The molecule has 1 radical (unpaired) electrons.